The molecule has 5 heteroatoms. The molecule has 0 N–H and O–H groups in total. The number of alkyl halides is 3. The maximum atomic E-state index is 12.3. The molecule has 1 aliphatic carbocycles. The fourth-order valence-electron chi connectivity index (χ4n) is 2.89. The molecular formula is C13H21F3N2. The molecule has 18 heavy (non-hydrogen) atoms. The van der Waals surface area contributed by atoms with Crippen LogP contribution in [0, 0.1) is 16.7 Å². The third-order valence-electron chi connectivity index (χ3n) is 4.27. The highest BCUT2D eigenvalue weighted by molar-refractivity contribution is 4.93. The van der Waals surface area contributed by atoms with E-state index in [0.717, 1.165) is 32.1 Å². The Labute approximate surface area is 107 Å². The predicted octanol–water partition coefficient (Wildman–Crippen LogP) is 3.73. The molecule has 0 atom stereocenters. The molecule has 0 aromatic carbocycles. The highest BCUT2D eigenvalue weighted by Gasteiger charge is 2.37. The zero-order chi connectivity index (χ0) is 13.8. The molecule has 0 bridgehead atoms. The first-order chi connectivity index (χ1) is 8.32. The summed E-state index contributed by atoms with van der Waals surface area (Å²) in [6.07, 6.45) is 0.605. The molecule has 0 unspecified atom stereocenters. The monoisotopic (exact) mass is 262 g/mol. The topological polar surface area (TPSA) is 27.0 Å². The zero-order valence-corrected chi connectivity index (χ0v) is 11.1. The molecule has 0 aromatic heterocycles. The van der Waals surface area contributed by atoms with Gasteiger partial charge in [0.15, 0.2) is 0 Å². The van der Waals surface area contributed by atoms with Gasteiger partial charge in [0.1, 0.15) is 0 Å². The summed E-state index contributed by atoms with van der Waals surface area (Å²) in [4.78, 5) is 1.41. The summed E-state index contributed by atoms with van der Waals surface area (Å²) in [5.41, 5.74) is 0.0460. The summed E-state index contributed by atoms with van der Waals surface area (Å²) in [7, 11) is 1.54. The SMILES string of the molecule is CC[C@]1(CC#N)CC[C@H](N(C)CC(F)(F)F)CC1. The van der Waals surface area contributed by atoms with Crippen molar-refractivity contribution in [2.75, 3.05) is 13.6 Å². The highest BCUT2D eigenvalue weighted by Crippen LogP contribution is 2.43. The van der Waals surface area contributed by atoms with Gasteiger partial charge in [-0.05, 0) is 44.6 Å². The Kier molecular flexibility index (Phi) is 5.03. The normalized spacial score (nSPS) is 29.3. The molecule has 0 spiro atoms. The van der Waals surface area contributed by atoms with Gasteiger partial charge in [-0.25, -0.2) is 0 Å². The number of hydrogen-bond donors (Lipinski definition) is 0. The van der Waals surface area contributed by atoms with Gasteiger partial charge >= 0.3 is 6.18 Å². The molecule has 0 aromatic rings. The van der Waals surface area contributed by atoms with E-state index >= 15 is 0 Å². The van der Waals surface area contributed by atoms with Gasteiger partial charge in [0, 0.05) is 12.5 Å². The second-order valence-corrected chi connectivity index (χ2v) is 5.45. The fraction of sp³-hybridized carbons (Fsp3) is 0.923. The molecule has 0 saturated heterocycles. The molecular weight excluding hydrogens is 241 g/mol. The fourth-order valence-corrected chi connectivity index (χ4v) is 2.89. The standard InChI is InChI=1S/C13H21F3N2/c1-3-12(8-9-17)6-4-11(5-7-12)18(2)10-13(14,15)16/h11H,3-8,10H2,1-2H3/t11-,12-. The van der Waals surface area contributed by atoms with Crippen LogP contribution in [0.25, 0.3) is 0 Å². The second-order valence-electron chi connectivity index (χ2n) is 5.45. The van der Waals surface area contributed by atoms with E-state index < -0.39 is 12.7 Å². The van der Waals surface area contributed by atoms with E-state index in [2.05, 4.69) is 13.0 Å². The lowest BCUT2D eigenvalue weighted by atomic mass is 9.69. The Morgan fingerprint density at radius 1 is 1.33 bits per heavy atom. The molecule has 2 nitrogen and oxygen atoms in total. The zero-order valence-electron chi connectivity index (χ0n) is 11.1. The first-order valence-electron chi connectivity index (χ1n) is 6.46. The van der Waals surface area contributed by atoms with Gasteiger partial charge in [-0.1, -0.05) is 6.92 Å². The van der Waals surface area contributed by atoms with Crippen molar-refractivity contribution in [1.29, 1.82) is 5.26 Å². The van der Waals surface area contributed by atoms with E-state index in [1.807, 2.05) is 0 Å². The average Bonchev–Trinajstić information content (AvgIpc) is 2.28. The maximum absolute atomic E-state index is 12.3. The molecule has 1 rings (SSSR count). The maximum Gasteiger partial charge on any atom is 0.401 e. The summed E-state index contributed by atoms with van der Waals surface area (Å²) in [6, 6.07) is 2.22. The van der Waals surface area contributed by atoms with Crippen LogP contribution in [0.3, 0.4) is 0 Å². The van der Waals surface area contributed by atoms with Gasteiger partial charge in [-0.15, -0.1) is 0 Å². The Bertz CT molecular complexity index is 298. The highest BCUT2D eigenvalue weighted by atomic mass is 19.4. The Morgan fingerprint density at radius 2 is 1.89 bits per heavy atom. The van der Waals surface area contributed by atoms with Crippen molar-refractivity contribution in [3.05, 3.63) is 0 Å². The largest absolute Gasteiger partial charge is 0.401 e. The van der Waals surface area contributed by atoms with Crippen LogP contribution in [0.15, 0.2) is 0 Å². The van der Waals surface area contributed by atoms with Crippen molar-refractivity contribution in [2.24, 2.45) is 5.41 Å². The number of nitrogens with zero attached hydrogens (tertiary/aromatic N) is 2. The van der Waals surface area contributed by atoms with E-state index in [4.69, 9.17) is 5.26 Å². The summed E-state index contributed by atoms with van der Waals surface area (Å²) in [5, 5.41) is 8.83. The van der Waals surface area contributed by atoms with Crippen LogP contribution >= 0.6 is 0 Å². The number of halogens is 3. The lowest BCUT2D eigenvalue weighted by Gasteiger charge is -2.41. The van der Waals surface area contributed by atoms with Gasteiger partial charge in [0.25, 0.3) is 0 Å². The van der Waals surface area contributed by atoms with Crippen molar-refractivity contribution in [3.63, 3.8) is 0 Å². The first-order valence-corrected chi connectivity index (χ1v) is 6.46. The molecule has 0 heterocycles. The minimum absolute atomic E-state index is 0.00462. The van der Waals surface area contributed by atoms with Gasteiger partial charge in [-0.2, -0.15) is 18.4 Å². The van der Waals surface area contributed by atoms with E-state index in [1.165, 1.54) is 4.90 Å². The molecule has 104 valence electrons. The van der Waals surface area contributed by atoms with Crippen LogP contribution in [0.4, 0.5) is 13.2 Å². The quantitative estimate of drug-likeness (QED) is 0.771. The summed E-state index contributed by atoms with van der Waals surface area (Å²) in [5.74, 6) is 0. The molecule has 1 aliphatic rings. The van der Waals surface area contributed by atoms with Gasteiger partial charge < -0.3 is 0 Å². The van der Waals surface area contributed by atoms with E-state index in [0.29, 0.717) is 6.42 Å². The van der Waals surface area contributed by atoms with Crippen LogP contribution in [0.2, 0.25) is 0 Å². The third kappa shape index (κ3) is 4.16. The van der Waals surface area contributed by atoms with E-state index in [9.17, 15) is 13.2 Å². The Morgan fingerprint density at radius 3 is 2.28 bits per heavy atom. The van der Waals surface area contributed by atoms with Gasteiger partial charge in [-0.3, -0.25) is 4.90 Å². The third-order valence-corrected chi connectivity index (χ3v) is 4.27. The summed E-state index contributed by atoms with van der Waals surface area (Å²) in [6.45, 7) is 1.23. The van der Waals surface area contributed by atoms with Gasteiger partial charge in [0.05, 0.1) is 12.6 Å². The van der Waals surface area contributed by atoms with E-state index in [-0.39, 0.29) is 11.5 Å². The minimum atomic E-state index is -4.12. The number of hydrogen-bond acceptors (Lipinski definition) is 2. The average molecular weight is 262 g/mol. The van der Waals surface area contributed by atoms with Crippen molar-refractivity contribution < 1.29 is 13.2 Å². The molecule has 0 radical (unpaired) electrons. The molecule has 1 fully saturated rings. The van der Waals surface area contributed by atoms with Crippen molar-refractivity contribution in [1.82, 2.24) is 4.90 Å². The van der Waals surface area contributed by atoms with Crippen molar-refractivity contribution in [2.45, 2.75) is 57.7 Å². The van der Waals surface area contributed by atoms with E-state index in [1.54, 1.807) is 7.05 Å². The summed E-state index contributed by atoms with van der Waals surface area (Å²) < 4.78 is 36.9. The lowest BCUT2D eigenvalue weighted by Crippen LogP contribution is -2.42. The minimum Gasteiger partial charge on any atom is -0.295 e. The van der Waals surface area contributed by atoms with Crippen LogP contribution < -0.4 is 0 Å². The van der Waals surface area contributed by atoms with Crippen LogP contribution in [0.5, 0.6) is 0 Å². The first kappa shape index (κ1) is 15.3. The molecule has 0 aliphatic heterocycles. The Balaban J connectivity index is 2.50. The predicted molar refractivity (Wildman–Crippen MR) is 63.9 cm³/mol. The second kappa shape index (κ2) is 5.92. The molecule has 0 amide bonds. The Hall–Kier alpha value is -0.760. The van der Waals surface area contributed by atoms with Crippen LogP contribution in [-0.4, -0.2) is 30.7 Å². The van der Waals surface area contributed by atoms with Crippen LogP contribution in [-0.2, 0) is 0 Å². The molecule has 1 saturated carbocycles. The van der Waals surface area contributed by atoms with Gasteiger partial charge in [0.2, 0.25) is 0 Å². The van der Waals surface area contributed by atoms with Crippen molar-refractivity contribution in [3.8, 4) is 6.07 Å². The number of nitriles is 1. The number of rotatable bonds is 4. The summed E-state index contributed by atoms with van der Waals surface area (Å²) >= 11 is 0. The smallest absolute Gasteiger partial charge is 0.295 e. The van der Waals surface area contributed by atoms with Crippen molar-refractivity contribution >= 4 is 0 Å². The van der Waals surface area contributed by atoms with Crippen LogP contribution in [0.1, 0.15) is 45.4 Å². The lowest BCUT2D eigenvalue weighted by molar-refractivity contribution is -0.149.